The van der Waals surface area contributed by atoms with Crippen LogP contribution < -0.4 is 4.31 Å². The number of benzene rings is 3. The van der Waals surface area contributed by atoms with Gasteiger partial charge in [-0.05, 0) is 54.6 Å². The van der Waals surface area contributed by atoms with E-state index in [-0.39, 0.29) is 50.5 Å². The number of carbonyl (C=O) groups is 1. The van der Waals surface area contributed by atoms with E-state index in [0.29, 0.717) is 5.02 Å². The summed E-state index contributed by atoms with van der Waals surface area (Å²) in [6.45, 7) is -0.150. The van der Waals surface area contributed by atoms with E-state index in [1.54, 1.807) is 0 Å². The predicted octanol–water partition coefficient (Wildman–Crippen LogP) is 6.48. The van der Waals surface area contributed by atoms with E-state index in [1.807, 2.05) is 6.07 Å². The molecular formula is C24H14Cl3FN2O4S. The van der Waals surface area contributed by atoms with E-state index in [2.05, 4.69) is 0 Å². The van der Waals surface area contributed by atoms with Crippen molar-refractivity contribution in [3.8, 4) is 6.07 Å². The van der Waals surface area contributed by atoms with Crippen molar-refractivity contribution in [3.05, 3.63) is 98.2 Å². The van der Waals surface area contributed by atoms with Gasteiger partial charge < -0.3 is 4.74 Å². The van der Waals surface area contributed by atoms with Crippen molar-refractivity contribution < 1.29 is 22.3 Å². The normalized spacial score (nSPS) is 13.6. The van der Waals surface area contributed by atoms with Gasteiger partial charge in [0.25, 0.3) is 10.0 Å². The number of hydrogen-bond acceptors (Lipinski definition) is 5. The Labute approximate surface area is 215 Å². The molecular weight excluding hydrogens is 538 g/mol. The molecule has 0 bridgehead atoms. The zero-order valence-corrected chi connectivity index (χ0v) is 20.7. The standard InChI is InChI=1S/C24H14Cl3FN2O4S/c25-15-4-7-17(8-5-15)35(32,33)30-11-10-14(13-29)23(18-9-6-16(26)12-21(18)30)34-24(31)22-19(27)2-1-3-20(22)28/h1-9,12H,10-11H2. The largest absolute Gasteiger partial charge is 0.421 e. The van der Waals surface area contributed by atoms with E-state index in [9.17, 15) is 22.9 Å². The molecule has 1 heterocycles. The molecule has 0 atom stereocenters. The highest BCUT2D eigenvalue weighted by molar-refractivity contribution is 7.92. The number of anilines is 1. The van der Waals surface area contributed by atoms with Crippen LogP contribution in [0.5, 0.6) is 0 Å². The van der Waals surface area contributed by atoms with Crippen molar-refractivity contribution >= 4 is 62.2 Å². The fourth-order valence-corrected chi connectivity index (χ4v) is 5.56. The van der Waals surface area contributed by atoms with Crippen molar-refractivity contribution in [1.29, 1.82) is 5.26 Å². The molecule has 0 radical (unpaired) electrons. The summed E-state index contributed by atoms with van der Waals surface area (Å²) in [6.07, 6.45) is -0.0940. The Balaban J connectivity index is 1.84. The lowest BCUT2D eigenvalue weighted by Crippen LogP contribution is -2.32. The molecule has 0 N–H and O–H groups in total. The van der Waals surface area contributed by atoms with E-state index < -0.39 is 27.4 Å². The molecule has 0 saturated carbocycles. The van der Waals surface area contributed by atoms with Crippen LogP contribution in [0, 0.1) is 17.1 Å². The summed E-state index contributed by atoms with van der Waals surface area (Å²) in [7, 11) is -4.12. The Morgan fingerprint density at radius 1 is 1.03 bits per heavy atom. The highest BCUT2D eigenvalue weighted by atomic mass is 35.5. The molecule has 1 aliphatic rings. The predicted molar refractivity (Wildman–Crippen MR) is 131 cm³/mol. The van der Waals surface area contributed by atoms with E-state index >= 15 is 0 Å². The number of esters is 1. The summed E-state index contributed by atoms with van der Waals surface area (Å²) < 4.78 is 47.9. The van der Waals surface area contributed by atoms with Crippen LogP contribution in [-0.2, 0) is 14.8 Å². The van der Waals surface area contributed by atoms with Crippen molar-refractivity contribution in [2.45, 2.75) is 11.3 Å². The number of halogens is 4. The number of rotatable bonds is 4. The molecule has 178 valence electrons. The Hall–Kier alpha value is -3.09. The van der Waals surface area contributed by atoms with E-state index in [0.717, 1.165) is 10.4 Å². The van der Waals surface area contributed by atoms with Crippen molar-refractivity contribution in [2.75, 3.05) is 10.8 Å². The Kier molecular flexibility index (Phi) is 7.06. The number of nitrogens with zero attached hydrogens (tertiary/aromatic N) is 2. The number of ether oxygens (including phenoxy) is 1. The second kappa shape index (κ2) is 9.88. The second-order valence-corrected chi connectivity index (χ2v) is 10.5. The molecule has 0 aromatic heterocycles. The average molecular weight is 552 g/mol. The second-order valence-electron chi connectivity index (χ2n) is 7.35. The minimum atomic E-state index is -4.12. The number of hydrogen-bond donors (Lipinski definition) is 0. The lowest BCUT2D eigenvalue weighted by atomic mass is 10.1. The van der Waals surface area contributed by atoms with Crippen LogP contribution in [-0.4, -0.2) is 20.9 Å². The Morgan fingerprint density at radius 2 is 1.71 bits per heavy atom. The maximum absolute atomic E-state index is 14.3. The first-order valence-electron chi connectivity index (χ1n) is 10.0. The van der Waals surface area contributed by atoms with Crippen LogP contribution >= 0.6 is 34.8 Å². The molecule has 4 rings (SSSR count). The van der Waals surface area contributed by atoms with Crippen LogP contribution in [0.25, 0.3) is 5.76 Å². The number of sulfonamides is 1. The summed E-state index contributed by atoms with van der Waals surface area (Å²) in [4.78, 5) is 12.8. The smallest absolute Gasteiger partial charge is 0.348 e. The molecule has 0 unspecified atom stereocenters. The molecule has 0 amide bonds. The molecule has 0 spiro atoms. The molecule has 11 heteroatoms. The highest BCUT2D eigenvalue weighted by Gasteiger charge is 2.33. The van der Waals surface area contributed by atoms with Crippen LogP contribution in [0.1, 0.15) is 22.3 Å². The fraction of sp³-hybridized carbons (Fsp3) is 0.0833. The first-order chi connectivity index (χ1) is 16.6. The lowest BCUT2D eigenvalue weighted by Gasteiger charge is -2.25. The number of carbonyl (C=O) groups excluding carboxylic acids is 1. The van der Waals surface area contributed by atoms with Crippen molar-refractivity contribution in [3.63, 3.8) is 0 Å². The van der Waals surface area contributed by atoms with Gasteiger partial charge in [-0.3, -0.25) is 4.31 Å². The number of nitriles is 1. The molecule has 35 heavy (non-hydrogen) atoms. The highest BCUT2D eigenvalue weighted by Crippen LogP contribution is 2.39. The fourth-order valence-electron chi connectivity index (χ4n) is 3.56. The summed E-state index contributed by atoms with van der Waals surface area (Å²) >= 11 is 18.1. The summed E-state index contributed by atoms with van der Waals surface area (Å²) in [6, 6.07) is 15.5. The van der Waals surface area contributed by atoms with Gasteiger partial charge in [0.2, 0.25) is 0 Å². The average Bonchev–Trinajstić information content (AvgIpc) is 2.96. The van der Waals surface area contributed by atoms with Gasteiger partial charge in [0.1, 0.15) is 11.4 Å². The van der Waals surface area contributed by atoms with Gasteiger partial charge in [0.05, 0.1) is 27.2 Å². The first-order valence-corrected chi connectivity index (χ1v) is 12.6. The van der Waals surface area contributed by atoms with Gasteiger partial charge >= 0.3 is 5.97 Å². The Morgan fingerprint density at radius 3 is 2.37 bits per heavy atom. The third-order valence-corrected chi connectivity index (χ3v) is 7.84. The SMILES string of the molecule is N#CC1=C(OC(=O)c2c(F)cccc2Cl)c2ccc(Cl)cc2N(S(=O)(=O)c2ccc(Cl)cc2)CC1. The zero-order chi connectivity index (χ0) is 25.3. The van der Waals surface area contributed by atoms with Crippen LogP contribution in [0.3, 0.4) is 0 Å². The minimum Gasteiger partial charge on any atom is -0.421 e. The molecule has 3 aromatic rings. The molecule has 6 nitrogen and oxygen atoms in total. The summed E-state index contributed by atoms with van der Waals surface area (Å²) in [5.41, 5.74) is -0.325. The van der Waals surface area contributed by atoms with E-state index in [1.165, 1.54) is 54.6 Å². The third-order valence-electron chi connectivity index (χ3n) is 5.21. The maximum Gasteiger partial charge on any atom is 0.348 e. The Bertz CT molecular complexity index is 1500. The molecule has 0 saturated heterocycles. The van der Waals surface area contributed by atoms with Crippen LogP contribution in [0.4, 0.5) is 10.1 Å². The topological polar surface area (TPSA) is 87.5 Å². The quantitative estimate of drug-likeness (QED) is 0.347. The van der Waals surface area contributed by atoms with Gasteiger partial charge in [-0.15, -0.1) is 0 Å². The van der Waals surface area contributed by atoms with Gasteiger partial charge in [0.15, 0.2) is 5.76 Å². The van der Waals surface area contributed by atoms with Crippen molar-refractivity contribution in [2.24, 2.45) is 0 Å². The monoisotopic (exact) mass is 550 g/mol. The maximum atomic E-state index is 14.3. The van der Waals surface area contributed by atoms with E-state index in [4.69, 9.17) is 39.5 Å². The number of fused-ring (bicyclic) bond motifs is 1. The third kappa shape index (κ3) is 4.86. The van der Waals surface area contributed by atoms with Gasteiger partial charge in [-0.1, -0.05) is 40.9 Å². The van der Waals surface area contributed by atoms with Gasteiger partial charge in [-0.25, -0.2) is 17.6 Å². The summed E-state index contributed by atoms with van der Waals surface area (Å²) in [5, 5.41) is 10.2. The van der Waals surface area contributed by atoms with Gasteiger partial charge in [0, 0.05) is 28.6 Å². The molecule has 0 fully saturated rings. The molecule has 0 aliphatic carbocycles. The van der Waals surface area contributed by atoms with Crippen molar-refractivity contribution in [1.82, 2.24) is 0 Å². The lowest BCUT2D eigenvalue weighted by molar-refractivity contribution is 0.0686. The summed E-state index contributed by atoms with van der Waals surface area (Å²) in [5.74, 6) is -2.25. The minimum absolute atomic E-state index is 0.0109. The van der Waals surface area contributed by atoms with Gasteiger partial charge in [-0.2, -0.15) is 5.26 Å². The molecule has 1 aliphatic heterocycles. The van der Waals surface area contributed by atoms with Crippen LogP contribution in [0.2, 0.25) is 15.1 Å². The molecule has 3 aromatic carbocycles. The van der Waals surface area contributed by atoms with Crippen LogP contribution in [0.15, 0.2) is 71.1 Å². The first kappa shape index (κ1) is 25.0. The zero-order valence-electron chi connectivity index (χ0n) is 17.6.